The maximum atomic E-state index is 9.02. The Morgan fingerprint density at radius 1 is 1.15 bits per heavy atom. The fourth-order valence-corrected chi connectivity index (χ4v) is 3.50. The Morgan fingerprint density at radius 3 is 2.81 bits per heavy atom. The molecule has 0 saturated carbocycles. The van der Waals surface area contributed by atoms with Crippen LogP contribution in [0.4, 0.5) is 5.69 Å². The third-order valence-corrected chi connectivity index (χ3v) is 5.09. The van der Waals surface area contributed by atoms with Crippen molar-refractivity contribution < 1.29 is 5.11 Å². The van der Waals surface area contributed by atoms with Gasteiger partial charge < -0.3 is 10.0 Å². The fourth-order valence-electron chi connectivity index (χ4n) is 3.50. The van der Waals surface area contributed by atoms with Crippen LogP contribution in [-0.2, 0) is 6.54 Å². The molecule has 1 aliphatic rings. The molecular weight excluding hydrogens is 328 g/mol. The van der Waals surface area contributed by atoms with Gasteiger partial charge in [-0.15, -0.1) is 0 Å². The summed E-state index contributed by atoms with van der Waals surface area (Å²) in [6.07, 6.45) is 5.68. The van der Waals surface area contributed by atoms with Gasteiger partial charge in [-0.1, -0.05) is 0 Å². The van der Waals surface area contributed by atoms with Crippen molar-refractivity contribution in [3.05, 3.63) is 48.5 Å². The predicted octanol–water partition coefficient (Wildman–Crippen LogP) is 1.70. The molecular formula is C19H24N6O. The molecule has 1 aliphatic heterocycles. The van der Waals surface area contributed by atoms with E-state index in [2.05, 4.69) is 38.9 Å². The van der Waals surface area contributed by atoms with Gasteiger partial charge in [0, 0.05) is 50.0 Å². The summed E-state index contributed by atoms with van der Waals surface area (Å²) in [7, 11) is 0. The number of hydrogen-bond acceptors (Lipinski definition) is 6. The Labute approximate surface area is 152 Å². The summed E-state index contributed by atoms with van der Waals surface area (Å²) in [6, 6.07) is 8.46. The first-order valence-corrected chi connectivity index (χ1v) is 9.08. The van der Waals surface area contributed by atoms with Gasteiger partial charge in [-0.25, -0.2) is 9.97 Å². The third-order valence-electron chi connectivity index (χ3n) is 5.09. The Balaban J connectivity index is 1.41. The van der Waals surface area contributed by atoms with E-state index in [1.165, 1.54) is 0 Å². The highest BCUT2D eigenvalue weighted by molar-refractivity contribution is 5.74. The van der Waals surface area contributed by atoms with Crippen LogP contribution in [-0.4, -0.2) is 62.5 Å². The number of pyridine rings is 2. The van der Waals surface area contributed by atoms with E-state index in [4.69, 9.17) is 10.1 Å². The van der Waals surface area contributed by atoms with Crippen molar-refractivity contribution in [1.29, 1.82) is 0 Å². The van der Waals surface area contributed by atoms with Crippen molar-refractivity contribution >= 4 is 16.7 Å². The molecule has 4 rings (SSSR count). The Hall–Kier alpha value is -2.51. The SMILES string of the molecule is C[C@@H](c1ccc2cccnc2n1)N1CCN(c2cnn(CCO)c2)CC1. The molecule has 3 aromatic rings. The molecule has 7 heteroatoms. The molecule has 7 nitrogen and oxygen atoms in total. The number of anilines is 1. The Bertz CT molecular complexity index is 871. The third kappa shape index (κ3) is 3.40. The van der Waals surface area contributed by atoms with E-state index >= 15 is 0 Å². The van der Waals surface area contributed by atoms with Crippen molar-refractivity contribution in [2.45, 2.75) is 19.5 Å². The molecule has 3 aromatic heterocycles. The van der Waals surface area contributed by atoms with Crippen LogP contribution in [0.3, 0.4) is 0 Å². The minimum Gasteiger partial charge on any atom is -0.394 e. The zero-order valence-electron chi connectivity index (χ0n) is 15.0. The minimum absolute atomic E-state index is 0.111. The normalized spacial score (nSPS) is 16.9. The van der Waals surface area contributed by atoms with Crippen LogP contribution in [0.5, 0.6) is 0 Å². The molecule has 0 aliphatic carbocycles. The van der Waals surface area contributed by atoms with Gasteiger partial charge in [0.15, 0.2) is 5.65 Å². The van der Waals surface area contributed by atoms with Gasteiger partial charge in [-0.3, -0.25) is 9.58 Å². The molecule has 1 saturated heterocycles. The number of aliphatic hydroxyl groups is 1. The smallest absolute Gasteiger partial charge is 0.159 e. The van der Waals surface area contributed by atoms with Gasteiger partial charge in [-0.2, -0.15) is 5.10 Å². The molecule has 0 unspecified atom stereocenters. The van der Waals surface area contributed by atoms with Gasteiger partial charge in [-0.05, 0) is 31.2 Å². The second-order valence-electron chi connectivity index (χ2n) is 6.67. The van der Waals surface area contributed by atoms with Gasteiger partial charge >= 0.3 is 0 Å². The second-order valence-corrected chi connectivity index (χ2v) is 6.67. The van der Waals surface area contributed by atoms with Crippen molar-refractivity contribution in [2.75, 3.05) is 37.7 Å². The minimum atomic E-state index is 0.111. The van der Waals surface area contributed by atoms with E-state index in [0.29, 0.717) is 6.54 Å². The Morgan fingerprint density at radius 2 is 2.00 bits per heavy atom. The molecule has 0 aromatic carbocycles. The lowest BCUT2D eigenvalue weighted by Gasteiger charge is -2.38. The number of fused-ring (bicyclic) bond motifs is 1. The van der Waals surface area contributed by atoms with Gasteiger partial charge in [0.05, 0.1) is 30.7 Å². The van der Waals surface area contributed by atoms with Gasteiger partial charge in [0.25, 0.3) is 0 Å². The van der Waals surface area contributed by atoms with Crippen molar-refractivity contribution in [3.8, 4) is 0 Å². The first-order valence-electron chi connectivity index (χ1n) is 9.08. The molecule has 26 heavy (non-hydrogen) atoms. The molecule has 1 fully saturated rings. The number of nitrogens with zero attached hydrogens (tertiary/aromatic N) is 6. The zero-order valence-corrected chi connectivity index (χ0v) is 15.0. The van der Waals surface area contributed by atoms with Crippen molar-refractivity contribution in [1.82, 2.24) is 24.6 Å². The highest BCUT2D eigenvalue weighted by Crippen LogP contribution is 2.23. The summed E-state index contributed by atoms with van der Waals surface area (Å²) in [5.74, 6) is 0. The molecule has 1 atom stereocenters. The summed E-state index contributed by atoms with van der Waals surface area (Å²) in [6.45, 7) is 6.75. The van der Waals surface area contributed by atoms with Crippen LogP contribution >= 0.6 is 0 Å². The Kier molecular flexibility index (Phi) is 4.81. The number of piperazine rings is 1. The molecule has 4 heterocycles. The van der Waals surface area contributed by atoms with Gasteiger partial charge in [0.1, 0.15) is 0 Å². The van der Waals surface area contributed by atoms with E-state index in [1.807, 2.05) is 24.5 Å². The second kappa shape index (κ2) is 7.39. The molecule has 0 radical (unpaired) electrons. The fraction of sp³-hybridized carbons (Fsp3) is 0.421. The van der Waals surface area contributed by atoms with Crippen LogP contribution in [0.25, 0.3) is 11.0 Å². The van der Waals surface area contributed by atoms with E-state index in [9.17, 15) is 0 Å². The average Bonchev–Trinajstić information content (AvgIpc) is 3.16. The monoisotopic (exact) mass is 352 g/mol. The number of rotatable bonds is 5. The highest BCUT2D eigenvalue weighted by atomic mass is 16.3. The quantitative estimate of drug-likeness (QED) is 0.754. The molecule has 1 N–H and O–H groups in total. The van der Waals surface area contributed by atoms with Crippen LogP contribution in [0.2, 0.25) is 0 Å². The zero-order chi connectivity index (χ0) is 17.9. The summed E-state index contributed by atoms with van der Waals surface area (Å²) in [5.41, 5.74) is 3.01. The van der Waals surface area contributed by atoms with E-state index < -0.39 is 0 Å². The average molecular weight is 352 g/mol. The maximum absolute atomic E-state index is 9.02. The first-order chi connectivity index (χ1) is 12.7. The van der Waals surface area contributed by atoms with Crippen LogP contribution in [0, 0.1) is 0 Å². The van der Waals surface area contributed by atoms with Crippen molar-refractivity contribution in [3.63, 3.8) is 0 Å². The molecule has 0 spiro atoms. The van der Waals surface area contributed by atoms with Crippen LogP contribution < -0.4 is 4.90 Å². The van der Waals surface area contributed by atoms with E-state index in [1.54, 1.807) is 10.9 Å². The lowest BCUT2D eigenvalue weighted by atomic mass is 10.1. The van der Waals surface area contributed by atoms with Crippen molar-refractivity contribution in [2.24, 2.45) is 0 Å². The predicted molar refractivity (Wildman–Crippen MR) is 101 cm³/mol. The lowest BCUT2D eigenvalue weighted by Crippen LogP contribution is -2.47. The van der Waals surface area contributed by atoms with Crippen LogP contribution in [0.15, 0.2) is 42.9 Å². The largest absolute Gasteiger partial charge is 0.394 e. The number of aliphatic hydroxyl groups excluding tert-OH is 1. The van der Waals surface area contributed by atoms with E-state index in [-0.39, 0.29) is 12.6 Å². The molecule has 0 bridgehead atoms. The number of hydrogen-bond donors (Lipinski definition) is 1. The lowest BCUT2D eigenvalue weighted by molar-refractivity contribution is 0.195. The molecule has 0 amide bonds. The van der Waals surface area contributed by atoms with Gasteiger partial charge in [0.2, 0.25) is 0 Å². The summed E-state index contributed by atoms with van der Waals surface area (Å²) >= 11 is 0. The van der Waals surface area contributed by atoms with E-state index in [0.717, 1.165) is 48.6 Å². The number of aromatic nitrogens is 4. The standard InChI is InChI=1S/C19H24N6O/c1-15(18-5-4-16-3-2-6-20-19(16)22-18)23-7-9-24(10-8-23)17-13-21-25(14-17)11-12-26/h2-6,13-15,26H,7-12H2,1H3/t15-/m0/s1. The summed E-state index contributed by atoms with van der Waals surface area (Å²) < 4.78 is 1.79. The molecule has 136 valence electrons. The highest BCUT2D eigenvalue weighted by Gasteiger charge is 2.23. The topological polar surface area (TPSA) is 70.3 Å². The first kappa shape index (κ1) is 16.9. The summed E-state index contributed by atoms with van der Waals surface area (Å²) in [4.78, 5) is 13.9. The summed E-state index contributed by atoms with van der Waals surface area (Å²) in [5, 5.41) is 14.4. The van der Waals surface area contributed by atoms with Crippen LogP contribution in [0.1, 0.15) is 18.7 Å². The maximum Gasteiger partial charge on any atom is 0.159 e.